The van der Waals surface area contributed by atoms with Gasteiger partial charge in [-0.3, -0.25) is 4.79 Å². The van der Waals surface area contributed by atoms with Crippen molar-refractivity contribution in [2.45, 2.75) is 13.3 Å². The number of phenols is 2. The highest BCUT2D eigenvalue weighted by Crippen LogP contribution is 2.44. The van der Waals surface area contributed by atoms with E-state index < -0.39 is 0 Å². The molecule has 0 heterocycles. The first-order valence-electron chi connectivity index (χ1n) is 7.03. The Morgan fingerprint density at radius 1 is 1.09 bits per heavy atom. The number of carbonyl (C=O) groups excluding carboxylic acids is 1. The van der Waals surface area contributed by atoms with E-state index in [1.807, 2.05) is 0 Å². The summed E-state index contributed by atoms with van der Waals surface area (Å²) in [5.74, 6) is 0.124. The smallest absolute Gasteiger partial charge is 0.166 e. The van der Waals surface area contributed by atoms with Crippen LogP contribution in [0.3, 0.4) is 0 Å². The third-order valence-electron chi connectivity index (χ3n) is 3.54. The van der Waals surface area contributed by atoms with Crippen LogP contribution in [-0.4, -0.2) is 30.2 Å². The predicted molar refractivity (Wildman–Crippen MR) is 87.3 cm³/mol. The number of benzene rings is 2. The van der Waals surface area contributed by atoms with Crippen LogP contribution in [0.4, 0.5) is 5.69 Å². The largest absolute Gasteiger partial charge is 0.508 e. The van der Waals surface area contributed by atoms with E-state index in [1.54, 1.807) is 19.1 Å². The van der Waals surface area contributed by atoms with Gasteiger partial charge in [0.1, 0.15) is 23.0 Å². The van der Waals surface area contributed by atoms with Gasteiger partial charge in [0.05, 0.1) is 25.5 Å². The van der Waals surface area contributed by atoms with E-state index in [2.05, 4.69) is 0 Å². The molecule has 6 heteroatoms. The zero-order chi connectivity index (χ0) is 17.1. The number of nitrogens with two attached hydrogens (primary N) is 1. The van der Waals surface area contributed by atoms with Gasteiger partial charge in [0.2, 0.25) is 0 Å². The second-order valence-corrected chi connectivity index (χ2v) is 4.96. The van der Waals surface area contributed by atoms with Crippen LogP contribution in [0.15, 0.2) is 24.3 Å². The van der Waals surface area contributed by atoms with Gasteiger partial charge >= 0.3 is 0 Å². The standard InChI is InChI=1S/C17H19NO5/c1-4-15(20)13-6-9(19)5-11(16(13)21)12-7-10(22-2)8-14(18)17(12)23-3/h5-8,19,21H,4,18H2,1-3H3. The Kier molecular flexibility index (Phi) is 4.64. The Morgan fingerprint density at radius 3 is 2.35 bits per heavy atom. The number of methoxy groups -OCH3 is 2. The van der Waals surface area contributed by atoms with E-state index in [1.165, 1.54) is 26.4 Å². The summed E-state index contributed by atoms with van der Waals surface area (Å²) < 4.78 is 10.5. The molecule has 0 saturated carbocycles. The lowest BCUT2D eigenvalue weighted by Crippen LogP contribution is -2.00. The summed E-state index contributed by atoms with van der Waals surface area (Å²) in [5.41, 5.74) is 6.96. The molecule has 2 aromatic rings. The Balaban J connectivity index is 2.78. The van der Waals surface area contributed by atoms with Gasteiger partial charge in [0.15, 0.2) is 5.78 Å². The molecule has 0 atom stereocenters. The molecule has 0 aliphatic heterocycles. The van der Waals surface area contributed by atoms with Crippen molar-refractivity contribution in [2.75, 3.05) is 20.0 Å². The number of aromatic hydroxyl groups is 2. The van der Waals surface area contributed by atoms with Crippen LogP contribution in [0.25, 0.3) is 11.1 Å². The molecule has 0 aliphatic rings. The Hall–Kier alpha value is -2.89. The number of Topliss-reactive ketones (excluding diaryl/α,β-unsaturated/α-hetero) is 1. The monoisotopic (exact) mass is 317 g/mol. The minimum absolute atomic E-state index is 0.0472. The predicted octanol–water partition coefficient (Wildman–Crippen LogP) is 2.96. The molecule has 0 spiro atoms. The molecule has 122 valence electrons. The summed E-state index contributed by atoms with van der Waals surface area (Å²) in [6.45, 7) is 1.68. The van der Waals surface area contributed by atoms with Gasteiger partial charge in [-0.2, -0.15) is 0 Å². The number of ether oxygens (including phenoxy) is 2. The van der Waals surface area contributed by atoms with E-state index >= 15 is 0 Å². The minimum Gasteiger partial charge on any atom is -0.508 e. The number of hydrogen-bond acceptors (Lipinski definition) is 6. The van der Waals surface area contributed by atoms with Crippen LogP contribution in [0.5, 0.6) is 23.0 Å². The molecule has 2 rings (SSSR count). The first-order chi connectivity index (χ1) is 10.9. The Labute approximate surface area is 134 Å². The first-order valence-corrected chi connectivity index (χ1v) is 7.03. The summed E-state index contributed by atoms with van der Waals surface area (Å²) in [6.07, 6.45) is 0.202. The van der Waals surface area contributed by atoms with Crippen molar-refractivity contribution < 1.29 is 24.5 Å². The highest BCUT2D eigenvalue weighted by atomic mass is 16.5. The number of ketones is 1. The topological polar surface area (TPSA) is 102 Å². The van der Waals surface area contributed by atoms with Gasteiger partial charge in [-0.15, -0.1) is 0 Å². The van der Waals surface area contributed by atoms with Crippen LogP contribution < -0.4 is 15.2 Å². The van der Waals surface area contributed by atoms with Crippen molar-refractivity contribution >= 4 is 11.5 Å². The van der Waals surface area contributed by atoms with E-state index in [9.17, 15) is 15.0 Å². The highest BCUT2D eigenvalue weighted by molar-refractivity contribution is 6.01. The van der Waals surface area contributed by atoms with E-state index in [-0.39, 0.29) is 34.8 Å². The lowest BCUT2D eigenvalue weighted by Gasteiger charge is -2.16. The summed E-state index contributed by atoms with van der Waals surface area (Å²) in [5, 5.41) is 20.4. The first kappa shape index (κ1) is 16.5. The van der Waals surface area contributed by atoms with Crippen molar-refractivity contribution in [3.8, 4) is 34.1 Å². The van der Waals surface area contributed by atoms with Crippen LogP contribution in [-0.2, 0) is 0 Å². The summed E-state index contributed by atoms with van der Waals surface area (Å²) in [7, 11) is 2.93. The number of carbonyl (C=O) groups is 1. The number of rotatable bonds is 5. The van der Waals surface area contributed by atoms with Crippen LogP contribution in [0.2, 0.25) is 0 Å². The molecule has 6 nitrogen and oxygen atoms in total. The average molecular weight is 317 g/mol. The van der Waals surface area contributed by atoms with Gasteiger partial charge in [0, 0.05) is 23.6 Å². The average Bonchev–Trinajstić information content (AvgIpc) is 2.55. The van der Waals surface area contributed by atoms with Gasteiger partial charge in [-0.05, 0) is 18.2 Å². The Morgan fingerprint density at radius 2 is 1.78 bits per heavy atom. The highest BCUT2D eigenvalue weighted by Gasteiger charge is 2.20. The quantitative estimate of drug-likeness (QED) is 0.445. The van der Waals surface area contributed by atoms with Crippen LogP contribution >= 0.6 is 0 Å². The number of anilines is 1. The fraction of sp³-hybridized carbons (Fsp3) is 0.235. The molecule has 2 aromatic carbocycles. The second-order valence-electron chi connectivity index (χ2n) is 4.96. The molecular formula is C17H19NO5. The Bertz CT molecular complexity index is 755. The van der Waals surface area contributed by atoms with Gasteiger partial charge in [-0.25, -0.2) is 0 Å². The molecule has 0 unspecified atom stereocenters. The SMILES string of the molecule is CCC(=O)c1cc(O)cc(-c2cc(OC)cc(N)c2OC)c1O. The lowest BCUT2D eigenvalue weighted by molar-refractivity contribution is 0.0985. The zero-order valence-electron chi connectivity index (χ0n) is 13.2. The minimum atomic E-state index is -0.283. The summed E-state index contributed by atoms with van der Waals surface area (Å²) in [4.78, 5) is 12.0. The number of hydrogen-bond donors (Lipinski definition) is 3. The maximum Gasteiger partial charge on any atom is 0.166 e. The third kappa shape index (κ3) is 3.01. The van der Waals surface area contributed by atoms with Crippen molar-refractivity contribution in [2.24, 2.45) is 0 Å². The lowest BCUT2D eigenvalue weighted by atomic mass is 9.96. The third-order valence-corrected chi connectivity index (χ3v) is 3.54. The molecule has 0 bridgehead atoms. The molecule has 0 saturated heterocycles. The van der Waals surface area contributed by atoms with Crippen molar-refractivity contribution in [1.29, 1.82) is 0 Å². The molecule has 0 radical (unpaired) electrons. The van der Waals surface area contributed by atoms with Crippen molar-refractivity contribution in [1.82, 2.24) is 0 Å². The number of nitrogen functional groups attached to an aromatic ring is 1. The molecule has 0 fully saturated rings. The molecule has 0 aromatic heterocycles. The summed E-state index contributed by atoms with van der Waals surface area (Å²) in [6, 6.07) is 5.78. The molecule has 23 heavy (non-hydrogen) atoms. The van der Waals surface area contributed by atoms with Crippen molar-refractivity contribution in [3.63, 3.8) is 0 Å². The second kappa shape index (κ2) is 6.48. The molecular weight excluding hydrogens is 298 g/mol. The summed E-state index contributed by atoms with van der Waals surface area (Å²) >= 11 is 0. The van der Waals surface area contributed by atoms with Gasteiger partial charge < -0.3 is 25.4 Å². The van der Waals surface area contributed by atoms with Crippen molar-refractivity contribution in [3.05, 3.63) is 29.8 Å². The fourth-order valence-corrected chi connectivity index (χ4v) is 2.40. The molecule has 0 aliphatic carbocycles. The van der Waals surface area contributed by atoms with Crippen LogP contribution in [0, 0.1) is 0 Å². The molecule has 0 amide bonds. The van der Waals surface area contributed by atoms with Gasteiger partial charge in [0.25, 0.3) is 0 Å². The van der Waals surface area contributed by atoms with E-state index in [0.29, 0.717) is 22.7 Å². The maximum atomic E-state index is 12.0. The van der Waals surface area contributed by atoms with E-state index in [0.717, 1.165) is 0 Å². The molecule has 4 N–H and O–H groups in total. The number of phenolic OH excluding ortho intramolecular Hbond substituents is 2. The zero-order valence-corrected chi connectivity index (χ0v) is 13.2. The van der Waals surface area contributed by atoms with E-state index in [4.69, 9.17) is 15.2 Å². The van der Waals surface area contributed by atoms with Crippen LogP contribution in [0.1, 0.15) is 23.7 Å². The fourth-order valence-electron chi connectivity index (χ4n) is 2.40. The normalized spacial score (nSPS) is 10.4. The maximum absolute atomic E-state index is 12.0. The van der Waals surface area contributed by atoms with Gasteiger partial charge in [-0.1, -0.05) is 6.92 Å².